The van der Waals surface area contributed by atoms with E-state index in [0.29, 0.717) is 11.3 Å². The van der Waals surface area contributed by atoms with Gasteiger partial charge in [0.2, 0.25) is 5.88 Å². The lowest BCUT2D eigenvalue weighted by Gasteiger charge is -2.12. The molecule has 0 aliphatic rings. The summed E-state index contributed by atoms with van der Waals surface area (Å²) >= 11 is 0. The number of alkyl halides is 3. The van der Waals surface area contributed by atoms with Gasteiger partial charge in [-0.15, -0.1) is 0 Å². The monoisotopic (exact) mass is 343 g/mol. The van der Waals surface area contributed by atoms with Crippen molar-refractivity contribution in [1.82, 2.24) is 15.5 Å². The van der Waals surface area contributed by atoms with Crippen molar-refractivity contribution >= 4 is 5.91 Å². The fourth-order valence-electron chi connectivity index (χ4n) is 1.95. The minimum atomic E-state index is -4.47. The van der Waals surface area contributed by atoms with E-state index < -0.39 is 18.7 Å². The third kappa shape index (κ3) is 4.71. The molecule has 2 aromatic rings. The summed E-state index contributed by atoms with van der Waals surface area (Å²) < 4.78 is 46.5. The van der Waals surface area contributed by atoms with Crippen LogP contribution in [0.15, 0.2) is 29.0 Å². The highest BCUT2D eigenvalue weighted by Crippen LogP contribution is 2.21. The molecule has 0 aromatic carbocycles. The van der Waals surface area contributed by atoms with E-state index in [2.05, 4.69) is 20.2 Å². The molecule has 0 spiro atoms. The average molecular weight is 343 g/mol. The highest BCUT2D eigenvalue weighted by Gasteiger charge is 2.29. The van der Waals surface area contributed by atoms with Crippen LogP contribution in [0, 0.1) is 0 Å². The smallest absolute Gasteiger partial charge is 0.422 e. The molecule has 2 aromatic heterocycles. The summed E-state index contributed by atoms with van der Waals surface area (Å²) in [4.78, 5) is 15.9. The molecule has 130 valence electrons. The van der Waals surface area contributed by atoms with Crippen LogP contribution >= 0.6 is 0 Å². The molecule has 0 unspecified atom stereocenters. The van der Waals surface area contributed by atoms with Crippen molar-refractivity contribution in [2.45, 2.75) is 32.5 Å². The Hall–Kier alpha value is -2.58. The summed E-state index contributed by atoms with van der Waals surface area (Å²) in [6, 6.07) is 3.07. The van der Waals surface area contributed by atoms with Gasteiger partial charge in [-0.05, 0) is 6.07 Å². The van der Waals surface area contributed by atoms with Gasteiger partial charge in [0, 0.05) is 24.2 Å². The third-order valence-corrected chi connectivity index (χ3v) is 3.03. The van der Waals surface area contributed by atoms with Gasteiger partial charge in [0.25, 0.3) is 5.91 Å². The van der Waals surface area contributed by atoms with Crippen molar-refractivity contribution in [1.29, 1.82) is 0 Å². The van der Waals surface area contributed by atoms with Crippen LogP contribution in [0.4, 0.5) is 13.2 Å². The van der Waals surface area contributed by atoms with Crippen LogP contribution in [0.1, 0.15) is 41.4 Å². The Bertz CT molecular complexity index is 699. The molecule has 0 aliphatic carbocycles. The molecule has 0 saturated heterocycles. The van der Waals surface area contributed by atoms with Crippen LogP contribution < -0.4 is 10.1 Å². The first-order chi connectivity index (χ1) is 11.3. The Morgan fingerprint density at radius 3 is 2.83 bits per heavy atom. The summed E-state index contributed by atoms with van der Waals surface area (Å²) in [6.45, 7) is 2.21. The van der Waals surface area contributed by atoms with E-state index in [4.69, 9.17) is 4.52 Å². The number of pyridine rings is 1. The predicted octanol–water partition coefficient (Wildman–Crippen LogP) is 3.06. The zero-order valence-electron chi connectivity index (χ0n) is 13.1. The van der Waals surface area contributed by atoms with Gasteiger partial charge >= 0.3 is 6.18 Å². The number of hydrogen-bond donors (Lipinski definition) is 1. The van der Waals surface area contributed by atoms with Crippen molar-refractivity contribution in [3.8, 4) is 5.88 Å². The lowest BCUT2D eigenvalue weighted by Crippen LogP contribution is -2.25. The Morgan fingerprint density at radius 1 is 1.42 bits per heavy atom. The topological polar surface area (TPSA) is 77.3 Å². The zero-order valence-corrected chi connectivity index (χ0v) is 13.1. The molecule has 0 radical (unpaired) electrons. The van der Waals surface area contributed by atoms with Gasteiger partial charge in [-0.2, -0.15) is 13.2 Å². The average Bonchev–Trinajstić information content (AvgIpc) is 3.00. The molecular weight excluding hydrogens is 327 g/mol. The molecule has 0 atom stereocenters. The fraction of sp³-hybridized carbons (Fsp3) is 0.400. The lowest BCUT2D eigenvalue weighted by molar-refractivity contribution is -0.154. The second-order valence-corrected chi connectivity index (χ2v) is 5.31. The SMILES string of the molecule is CC(C)c1oncc1C(=O)NCc1cccnc1OCC(F)(F)F. The number of carbonyl (C=O) groups is 1. The van der Waals surface area contributed by atoms with Crippen LogP contribution in [-0.2, 0) is 6.54 Å². The van der Waals surface area contributed by atoms with E-state index in [-0.39, 0.29) is 23.9 Å². The molecule has 24 heavy (non-hydrogen) atoms. The maximum absolute atomic E-state index is 12.3. The first kappa shape index (κ1) is 17.8. The first-order valence-electron chi connectivity index (χ1n) is 7.14. The van der Waals surface area contributed by atoms with Gasteiger partial charge in [-0.1, -0.05) is 25.1 Å². The van der Waals surface area contributed by atoms with Gasteiger partial charge in [0.15, 0.2) is 12.4 Å². The highest BCUT2D eigenvalue weighted by atomic mass is 19.4. The van der Waals surface area contributed by atoms with Gasteiger partial charge < -0.3 is 14.6 Å². The number of carbonyl (C=O) groups excluding carboxylic acids is 1. The second-order valence-electron chi connectivity index (χ2n) is 5.31. The molecule has 2 rings (SSSR count). The van der Waals surface area contributed by atoms with Gasteiger partial charge in [-0.3, -0.25) is 4.79 Å². The number of halogens is 3. The molecule has 0 fully saturated rings. The van der Waals surface area contributed by atoms with Crippen molar-refractivity contribution in [3.05, 3.63) is 41.4 Å². The highest BCUT2D eigenvalue weighted by molar-refractivity contribution is 5.94. The summed E-state index contributed by atoms with van der Waals surface area (Å²) in [5.41, 5.74) is 0.615. The van der Waals surface area contributed by atoms with Gasteiger partial charge in [-0.25, -0.2) is 4.98 Å². The van der Waals surface area contributed by atoms with Crippen LogP contribution in [0.2, 0.25) is 0 Å². The first-order valence-corrected chi connectivity index (χ1v) is 7.14. The predicted molar refractivity (Wildman–Crippen MR) is 77.5 cm³/mol. The number of rotatable bonds is 6. The van der Waals surface area contributed by atoms with Crippen molar-refractivity contribution in [3.63, 3.8) is 0 Å². The summed E-state index contributed by atoms with van der Waals surface area (Å²) in [6.07, 6.45) is -1.85. The Labute approximate surface area is 136 Å². The minimum absolute atomic E-state index is 0.0303. The van der Waals surface area contributed by atoms with E-state index in [1.165, 1.54) is 18.5 Å². The fourth-order valence-corrected chi connectivity index (χ4v) is 1.95. The van der Waals surface area contributed by atoms with E-state index in [9.17, 15) is 18.0 Å². The normalized spacial score (nSPS) is 11.6. The Kier molecular flexibility index (Phi) is 5.42. The summed E-state index contributed by atoms with van der Waals surface area (Å²) in [7, 11) is 0. The molecule has 0 saturated carbocycles. The molecule has 2 heterocycles. The van der Waals surface area contributed by atoms with E-state index in [0.717, 1.165) is 0 Å². The lowest BCUT2D eigenvalue weighted by atomic mass is 10.1. The van der Waals surface area contributed by atoms with Crippen LogP contribution in [0.25, 0.3) is 0 Å². The van der Waals surface area contributed by atoms with Gasteiger partial charge in [0.05, 0.1) is 6.20 Å². The molecule has 1 N–H and O–H groups in total. The molecule has 9 heteroatoms. The second kappa shape index (κ2) is 7.33. The molecule has 0 bridgehead atoms. The van der Waals surface area contributed by atoms with Crippen molar-refractivity contribution < 1.29 is 27.2 Å². The number of amides is 1. The number of hydrogen-bond acceptors (Lipinski definition) is 5. The number of nitrogens with one attached hydrogen (secondary N) is 1. The Morgan fingerprint density at radius 2 is 2.17 bits per heavy atom. The minimum Gasteiger partial charge on any atom is -0.468 e. The molecule has 1 amide bonds. The standard InChI is InChI=1S/C15H16F3N3O3/c1-9(2)12-11(7-21-24-12)13(22)20-6-10-4-3-5-19-14(10)23-8-15(16,17)18/h3-5,7,9H,6,8H2,1-2H3,(H,20,22). The van der Waals surface area contributed by atoms with Crippen molar-refractivity contribution in [2.75, 3.05) is 6.61 Å². The molecule has 6 nitrogen and oxygen atoms in total. The van der Waals surface area contributed by atoms with E-state index >= 15 is 0 Å². The van der Waals surface area contributed by atoms with Crippen LogP contribution in [-0.4, -0.2) is 28.8 Å². The quantitative estimate of drug-likeness (QED) is 0.872. The molecular formula is C15H16F3N3O3. The summed E-state index contributed by atoms with van der Waals surface area (Å²) in [5, 5.41) is 6.19. The van der Waals surface area contributed by atoms with Crippen molar-refractivity contribution in [2.24, 2.45) is 0 Å². The largest absolute Gasteiger partial charge is 0.468 e. The van der Waals surface area contributed by atoms with Crippen LogP contribution in [0.3, 0.4) is 0 Å². The number of ether oxygens (including phenoxy) is 1. The number of nitrogens with zero attached hydrogens (tertiary/aromatic N) is 2. The number of aromatic nitrogens is 2. The van der Waals surface area contributed by atoms with Crippen LogP contribution in [0.5, 0.6) is 5.88 Å². The summed E-state index contributed by atoms with van der Waals surface area (Å²) in [5.74, 6) is -0.209. The molecule has 0 aliphatic heterocycles. The van der Waals surface area contributed by atoms with E-state index in [1.807, 2.05) is 13.8 Å². The maximum atomic E-state index is 12.3. The van der Waals surface area contributed by atoms with E-state index in [1.54, 1.807) is 6.07 Å². The third-order valence-electron chi connectivity index (χ3n) is 3.03. The zero-order chi connectivity index (χ0) is 17.7. The van der Waals surface area contributed by atoms with Gasteiger partial charge in [0.1, 0.15) is 5.56 Å². The Balaban J connectivity index is 2.04. The maximum Gasteiger partial charge on any atom is 0.422 e.